The molecule has 1 unspecified atom stereocenters. The van der Waals surface area contributed by atoms with Gasteiger partial charge in [0.1, 0.15) is 17.3 Å². The topological polar surface area (TPSA) is 70.1 Å². The number of rotatable bonds is 6. The minimum Gasteiger partial charge on any atom is -0.507 e. The number of nitrogens with zero attached hydrogens (tertiary/aromatic N) is 2. The Kier molecular flexibility index (Phi) is 6.43. The second kappa shape index (κ2) is 8.85. The van der Waals surface area contributed by atoms with Crippen molar-refractivity contribution >= 4 is 29.1 Å². The maximum atomic E-state index is 13.5. The first-order chi connectivity index (χ1) is 14.2. The molecule has 1 fully saturated rings. The van der Waals surface area contributed by atoms with Gasteiger partial charge in [-0.1, -0.05) is 23.7 Å². The number of amides is 1. The standard InChI is InChI=1S/C22H22ClFN2O4/c1-25(2)10-11-26-19(13-4-7-15(24)8-5-13)18(21(28)22(26)29)20(27)14-6-9-16(23)17(12-14)30-3/h4-9,12,19,27H,10-11H2,1-3H3/b20-18-. The molecule has 1 N–H and O–H groups in total. The molecule has 1 aliphatic rings. The van der Waals surface area contributed by atoms with Gasteiger partial charge in [0.15, 0.2) is 0 Å². The fourth-order valence-electron chi connectivity index (χ4n) is 3.37. The molecule has 0 radical (unpaired) electrons. The van der Waals surface area contributed by atoms with Crippen molar-refractivity contribution in [1.82, 2.24) is 9.80 Å². The lowest BCUT2D eigenvalue weighted by Crippen LogP contribution is -2.35. The van der Waals surface area contributed by atoms with E-state index >= 15 is 0 Å². The molecule has 6 nitrogen and oxygen atoms in total. The third-order valence-electron chi connectivity index (χ3n) is 4.94. The van der Waals surface area contributed by atoms with Gasteiger partial charge in [-0.2, -0.15) is 0 Å². The molecule has 0 bridgehead atoms. The van der Waals surface area contributed by atoms with Gasteiger partial charge in [0.05, 0.1) is 23.7 Å². The van der Waals surface area contributed by atoms with E-state index in [4.69, 9.17) is 16.3 Å². The van der Waals surface area contributed by atoms with Crippen LogP contribution in [0.25, 0.3) is 5.76 Å². The number of ketones is 1. The Labute approximate surface area is 179 Å². The normalized spacial score (nSPS) is 18.3. The molecule has 1 aliphatic heterocycles. The predicted molar refractivity (Wildman–Crippen MR) is 112 cm³/mol. The highest BCUT2D eigenvalue weighted by Gasteiger charge is 2.45. The number of hydrogen-bond donors (Lipinski definition) is 1. The Morgan fingerprint density at radius 3 is 2.47 bits per heavy atom. The SMILES string of the molecule is COc1cc(/C(O)=C2/C(=O)C(=O)N(CCN(C)C)C2c2ccc(F)cc2)ccc1Cl. The first kappa shape index (κ1) is 21.8. The van der Waals surface area contributed by atoms with Crippen molar-refractivity contribution in [3.05, 3.63) is 70.0 Å². The smallest absolute Gasteiger partial charge is 0.295 e. The van der Waals surface area contributed by atoms with Crippen LogP contribution in [0.4, 0.5) is 4.39 Å². The molecule has 2 aromatic rings. The molecule has 1 atom stereocenters. The molecule has 1 saturated heterocycles. The van der Waals surface area contributed by atoms with E-state index in [1.54, 1.807) is 0 Å². The van der Waals surface area contributed by atoms with Crippen LogP contribution in [0.15, 0.2) is 48.0 Å². The monoisotopic (exact) mass is 432 g/mol. The second-order valence-corrected chi connectivity index (χ2v) is 7.60. The molecule has 2 aromatic carbocycles. The van der Waals surface area contributed by atoms with Gasteiger partial charge in [0.2, 0.25) is 0 Å². The number of likely N-dealkylation sites (N-methyl/N-ethyl adjacent to an activating group) is 1. The zero-order valence-electron chi connectivity index (χ0n) is 16.9. The Bertz CT molecular complexity index is 1000. The minimum atomic E-state index is -0.841. The average molecular weight is 433 g/mol. The number of carbonyl (C=O) groups is 2. The van der Waals surface area contributed by atoms with Gasteiger partial charge in [-0.25, -0.2) is 4.39 Å². The average Bonchev–Trinajstić information content (AvgIpc) is 2.97. The molecule has 0 spiro atoms. The van der Waals surface area contributed by atoms with E-state index in [0.29, 0.717) is 22.9 Å². The van der Waals surface area contributed by atoms with Gasteiger partial charge in [0, 0.05) is 18.7 Å². The second-order valence-electron chi connectivity index (χ2n) is 7.20. The minimum absolute atomic E-state index is 0.0604. The van der Waals surface area contributed by atoms with E-state index in [0.717, 1.165) is 0 Å². The molecule has 30 heavy (non-hydrogen) atoms. The highest BCUT2D eigenvalue weighted by Crippen LogP contribution is 2.40. The third kappa shape index (κ3) is 4.17. The van der Waals surface area contributed by atoms with E-state index in [2.05, 4.69) is 0 Å². The molecule has 1 amide bonds. The lowest BCUT2D eigenvalue weighted by molar-refractivity contribution is -0.140. The number of hydrogen-bond acceptors (Lipinski definition) is 5. The van der Waals surface area contributed by atoms with E-state index in [9.17, 15) is 19.1 Å². The molecule has 0 aromatic heterocycles. The van der Waals surface area contributed by atoms with E-state index in [-0.39, 0.29) is 23.4 Å². The van der Waals surface area contributed by atoms with Gasteiger partial charge in [-0.3, -0.25) is 9.59 Å². The molecule has 0 aliphatic carbocycles. The van der Waals surface area contributed by atoms with E-state index < -0.39 is 23.5 Å². The Hall–Kier alpha value is -2.90. The number of methoxy groups -OCH3 is 1. The number of carbonyl (C=O) groups excluding carboxylic acids is 2. The molecular weight excluding hydrogens is 411 g/mol. The fourth-order valence-corrected chi connectivity index (χ4v) is 3.57. The van der Waals surface area contributed by atoms with Crippen LogP contribution >= 0.6 is 11.6 Å². The van der Waals surface area contributed by atoms with Crippen LogP contribution in [-0.4, -0.2) is 60.9 Å². The predicted octanol–water partition coefficient (Wildman–Crippen LogP) is 3.47. The Morgan fingerprint density at radius 1 is 1.20 bits per heavy atom. The first-order valence-electron chi connectivity index (χ1n) is 9.27. The summed E-state index contributed by atoms with van der Waals surface area (Å²) < 4.78 is 18.7. The quantitative estimate of drug-likeness (QED) is 0.430. The molecule has 1 heterocycles. The summed E-state index contributed by atoms with van der Waals surface area (Å²) in [4.78, 5) is 29.0. The summed E-state index contributed by atoms with van der Waals surface area (Å²) in [5.41, 5.74) is 0.751. The molecule has 3 rings (SSSR count). The third-order valence-corrected chi connectivity index (χ3v) is 5.25. The van der Waals surface area contributed by atoms with Gasteiger partial charge >= 0.3 is 0 Å². The van der Waals surface area contributed by atoms with Crippen molar-refractivity contribution in [2.45, 2.75) is 6.04 Å². The van der Waals surface area contributed by atoms with Crippen LogP contribution in [0, 0.1) is 5.82 Å². The summed E-state index contributed by atoms with van der Waals surface area (Å²) in [6.45, 7) is 0.778. The maximum absolute atomic E-state index is 13.5. The lowest BCUT2D eigenvalue weighted by atomic mass is 9.95. The van der Waals surface area contributed by atoms with Crippen LogP contribution in [-0.2, 0) is 9.59 Å². The number of Topliss-reactive ketones (excluding diaryl/α,β-unsaturated/α-hetero) is 1. The van der Waals surface area contributed by atoms with E-state index in [1.165, 1.54) is 54.5 Å². The molecule has 158 valence electrons. The van der Waals surface area contributed by atoms with Crippen molar-refractivity contribution in [2.24, 2.45) is 0 Å². The van der Waals surface area contributed by atoms with Crippen LogP contribution in [0.1, 0.15) is 17.2 Å². The molecular formula is C22H22ClFN2O4. The molecule has 0 saturated carbocycles. The number of aliphatic hydroxyl groups is 1. The maximum Gasteiger partial charge on any atom is 0.295 e. The number of halogens is 2. The summed E-state index contributed by atoms with van der Waals surface area (Å²) in [6.07, 6.45) is 0. The summed E-state index contributed by atoms with van der Waals surface area (Å²) in [7, 11) is 5.14. The van der Waals surface area contributed by atoms with Crippen LogP contribution < -0.4 is 4.74 Å². The number of benzene rings is 2. The van der Waals surface area contributed by atoms with Crippen molar-refractivity contribution in [1.29, 1.82) is 0 Å². The van der Waals surface area contributed by atoms with Crippen molar-refractivity contribution in [2.75, 3.05) is 34.3 Å². The van der Waals surface area contributed by atoms with Crippen LogP contribution in [0.2, 0.25) is 5.02 Å². The zero-order chi connectivity index (χ0) is 22.0. The van der Waals surface area contributed by atoms with Gasteiger partial charge in [-0.15, -0.1) is 0 Å². The number of likely N-dealkylation sites (tertiary alicyclic amines) is 1. The summed E-state index contributed by atoms with van der Waals surface area (Å²) in [6, 6.07) is 9.24. The van der Waals surface area contributed by atoms with E-state index in [1.807, 2.05) is 19.0 Å². The van der Waals surface area contributed by atoms with Crippen molar-refractivity contribution in [3.8, 4) is 5.75 Å². The Morgan fingerprint density at radius 2 is 1.87 bits per heavy atom. The van der Waals surface area contributed by atoms with Gasteiger partial charge in [0.25, 0.3) is 11.7 Å². The zero-order valence-corrected chi connectivity index (χ0v) is 17.6. The summed E-state index contributed by atoms with van der Waals surface area (Å²) in [5, 5.41) is 11.3. The van der Waals surface area contributed by atoms with Crippen LogP contribution in [0.5, 0.6) is 5.75 Å². The highest BCUT2D eigenvalue weighted by molar-refractivity contribution is 6.46. The Balaban J connectivity index is 2.16. The summed E-state index contributed by atoms with van der Waals surface area (Å²) >= 11 is 6.05. The van der Waals surface area contributed by atoms with Gasteiger partial charge < -0.3 is 19.6 Å². The first-order valence-corrected chi connectivity index (χ1v) is 9.65. The number of ether oxygens (including phenoxy) is 1. The largest absolute Gasteiger partial charge is 0.507 e. The highest BCUT2D eigenvalue weighted by atomic mass is 35.5. The van der Waals surface area contributed by atoms with Crippen LogP contribution in [0.3, 0.4) is 0 Å². The lowest BCUT2D eigenvalue weighted by Gasteiger charge is -2.26. The van der Waals surface area contributed by atoms with Crippen molar-refractivity contribution < 1.29 is 23.8 Å². The van der Waals surface area contributed by atoms with Crippen molar-refractivity contribution in [3.63, 3.8) is 0 Å². The number of aliphatic hydroxyl groups excluding tert-OH is 1. The fraction of sp³-hybridized carbons (Fsp3) is 0.273. The summed E-state index contributed by atoms with van der Waals surface area (Å²) in [5.74, 6) is -1.97. The molecule has 8 heteroatoms. The van der Waals surface area contributed by atoms with Gasteiger partial charge in [-0.05, 0) is 50.0 Å².